The number of carbonyl (C=O) groups is 2. The maximum Gasteiger partial charge on any atom is 0.251 e. The molecule has 4 nitrogen and oxygen atoms in total. The van der Waals surface area contributed by atoms with Gasteiger partial charge < -0.3 is 10.2 Å². The van der Waals surface area contributed by atoms with Crippen molar-refractivity contribution in [2.45, 2.75) is 13.5 Å². The summed E-state index contributed by atoms with van der Waals surface area (Å²) in [6.45, 7) is 1.60. The molecule has 0 aliphatic heterocycles. The minimum atomic E-state index is -0.710. The Labute approximate surface area is 139 Å². The molecule has 1 N–H and O–H groups in total. The predicted octanol–water partition coefficient (Wildman–Crippen LogP) is 2.66. The summed E-state index contributed by atoms with van der Waals surface area (Å²) in [7, 11) is 1.49. The zero-order valence-corrected chi connectivity index (χ0v) is 13.5. The molecular weight excluding hydrogens is 314 g/mol. The molecule has 6 heteroatoms. The maximum atomic E-state index is 13.6. The molecule has 2 amide bonds. The average Bonchev–Trinajstić information content (AvgIpc) is 2.55. The van der Waals surface area contributed by atoms with E-state index in [1.54, 1.807) is 25.1 Å². The summed E-state index contributed by atoms with van der Waals surface area (Å²) in [6.07, 6.45) is 0. The Morgan fingerprint density at radius 2 is 1.83 bits per heavy atom. The van der Waals surface area contributed by atoms with Gasteiger partial charge in [-0.15, -0.1) is 0 Å². The Kier molecular flexibility index (Phi) is 5.63. The first-order valence-electron chi connectivity index (χ1n) is 7.40. The van der Waals surface area contributed by atoms with E-state index >= 15 is 0 Å². The number of nitrogens with one attached hydrogen (secondary N) is 1. The first-order chi connectivity index (χ1) is 11.4. The second kappa shape index (κ2) is 7.68. The van der Waals surface area contributed by atoms with Crippen molar-refractivity contribution in [3.63, 3.8) is 0 Å². The van der Waals surface area contributed by atoms with Crippen LogP contribution in [0.15, 0.2) is 42.5 Å². The van der Waals surface area contributed by atoms with Crippen LogP contribution >= 0.6 is 0 Å². The van der Waals surface area contributed by atoms with Gasteiger partial charge in [0.05, 0.1) is 6.54 Å². The van der Waals surface area contributed by atoms with E-state index in [1.807, 2.05) is 6.07 Å². The van der Waals surface area contributed by atoms with Crippen molar-refractivity contribution in [1.82, 2.24) is 10.2 Å². The van der Waals surface area contributed by atoms with Crippen LogP contribution in [0.3, 0.4) is 0 Å². The molecule has 24 heavy (non-hydrogen) atoms. The molecule has 0 radical (unpaired) electrons. The molecule has 0 bridgehead atoms. The number of amides is 2. The predicted molar refractivity (Wildman–Crippen MR) is 86.3 cm³/mol. The van der Waals surface area contributed by atoms with Crippen molar-refractivity contribution in [2.75, 3.05) is 13.6 Å². The number of aryl methyl sites for hydroxylation is 1. The highest BCUT2D eigenvalue weighted by Crippen LogP contribution is 2.11. The van der Waals surface area contributed by atoms with E-state index in [0.29, 0.717) is 5.56 Å². The largest absolute Gasteiger partial charge is 0.343 e. The lowest BCUT2D eigenvalue weighted by atomic mass is 10.1. The van der Waals surface area contributed by atoms with Crippen molar-refractivity contribution in [1.29, 1.82) is 0 Å². The lowest BCUT2D eigenvalue weighted by Crippen LogP contribution is -2.38. The van der Waals surface area contributed by atoms with Crippen molar-refractivity contribution in [3.8, 4) is 0 Å². The lowest BCUT2D eigenvalue weighted by molar-refractivity contribution is -0.129. The Hall–Kier alpha value is -2.76. The molecule has 0 aliphatic rings. The minimum Gasteiger partial charge on any atom is -0.343 e. The van der Waals surface area contributed by atoms with E-state index in [0.717, 1.165) is 17.7 Å². The van der Waals surface area contributed by atoms with E-state index < -0.39 is 11.6 Å². The molecule has 0 aromatic heterocycles. The van der Waals surface area contributed by atoms with Gasteiger partial charge in [-0.2, -0.15) is 0 Å². The molecule has 0 heterocycles. The van der Waals surface area contributed by atoms with Gasteiger partial charge >= 0.3 is 0 Å². The van der Waals surface area contributed by atoms with Gasteiger partial charge in [-0.25, -0.2) is 8.78 Å². The molecule has 2 rings (SSSR count). The zero-order chi connectivity index (χ0) is 17.7. The third-order valence-corrected chi connectivity index (χ3v) is 3.64. The van der Waals surface area contributed by atoms with Gasteiger partial charge in [0.25, 0.3) is 5.91 Å². The van der Waals surface area contributed by atoms with Gasteiger partial charge in [-0.05, 0) is 24.6 Å². The summed E-state index contributed by atoms with van der Waals surface area (Å²) in [4.78, 5) is 25.4. The van der Waals surface area contributed by atoms with Gasteiger partial charge in [0.15, 0.2) is 0 Å². The van der Waals surface area contributed by atoms with Gasteiger partial charge in [-0.1, -0.05) is 24.3 Å². The Morgan fingerprint density at radius 3 is 2.50 bits per heavy atom. The summed E-state index contributed by atoms with van der Waals surface area (Å²) in [6, 6.07) is 10.2. The number of likely N-dealkylation sites (N-methyl/N-ethyl adjacent to an activating group) is 1. The number of nitrogens with zero attached hydrogens (tertiary/aromatic N) is 1. The highest BCUT2D eigenvalue weighted by atomic mass is 19.1. The average molecular weight is 332 g/mol. The first kappa shape index (κ1) is 17.6. The monoisotopic (exact) mass is 332 g/mol. The van der Waals surface area contributed by atoms with E-state index in [2.05, 4.69) is 5.32 Å². The molecular formula is C18H18F2N2O2. The molecule has 0 fully saturated rings. The third-order valence-electron chi connectivity index (χ3n) is 3.64. The van der Waals surface area contributed by atoms with Crippen LogP contribution in [-0.4, -0.2) is 30.3 Å². The summed E-state index contributed by atoms with van der Waals surface area (Å²) in [5, 5.41) is 2.55. The van der Waals surface area contributed by atoms with Crippen LogP contribution in [0.4, 0.5) is 8.78 Å². The number of benzene rings is 2. The lowest BCUT2D eigenvalue weighted by Gasteiger charge is -2.18. The third kappa shape index (κ3) is 4.38. The van der Waals surface area contributed by atoms with E-state index in [4.69, 9.17) is 0 Å². The quantitative estimate of drug-likeness (QED) is 0.915. The second-order valence-corrected chi connectivity index (χ2v) is 5.48. The minimum absolute atomic E-state index is 0.00875. The Bertz CT molecular complexity index is 762. The van der Waals surface area contributed by atoms with Gasteiger partial charge in [-0.3, -0.25) is 9.59 Å². The molecule has 0 saturated carbocycles. The fraction of sp³-hybridized carbons (Fsp3) is 0.222. The summed E-state index contributed by atoms with van der Waals surface area (Å²) in [5.74, 6) is -2.10. The SMILES string of the molecule is Cc1ccccc1C(=O)NCC(=O)N(C)Cc1ccc(F)cc1F. The van der Waals surface area contributed by atoms with Gasteiger partial charge in [0.1, 0.15) is 11.6 Å². The van der Waals surface area contributed by atoms with Crippen LogP contribution in [0.5, 0.6) is 0 Å². The number of halogens is 2. The highest BCUT2D eigenvalue weighted by molar-refractivity contribution is 5.97. The van der Waals surface area contributed by atoms with Crippen molar-refractivity contribution >= 4 is 11.8 Å². The second-order valence-electron chi connectivity index (χ2n) is 5.48. The highest BCUT2D eigenvalue weighted by Gasteiger charge is 2.14. The van der Waals surface area contributed by atoms with Gasteiger partial charge in [0, 0.05) is 30.8 Å². The summed E-state index contributed by atoms with van der Waals surface area (Å²) in [5.41, 5.74) is 1.51. The summed E-state index contributed by atoms with van der Waals surface area (Å²) < 4.78 is 26.5. The van der Waals surface area contributed by atoms with Crippen LogP contribution in [0, 0.1) is 18.6 Å². The van der Waals surface area contributed by atoms with Crippen LogP contribution in [0.1, 0.15) is 21.5 Å². The Morgan fingerprint density at radius 1 is 1.12 bits per heavy atom. The number of hydrogen-bond acceptors (Lipinski definition) is 2. The molecule has 126 valence electrons. The topological polar surface area (TPSA) is 49.4 Å². The van der Waals surface area contributed by atoms with Crippen molar-refractivity contribution in [3.05, 3.63) is 70.8 Å². The number of hydrogen-bond donors (Lipinski definition) is 1. The van der Waals surface area contributed by atoms with E-state index in [9.17, 15) is 18.4 Å². The fourth-order valence-corrected chi connectivity index (χ4v) is 2.21. The maximum absolute atomic E-state index is 13.6. The standard InChI is InChI=1S/C18H18F2N2O2/c1-12-5-3-4-6-15(12)18(24)21-10-17(23)22(2)11-13-7-8-14(19)9-16(13)20/h3-9H,10-11H2,1-2H3,(H,21,24). The smallest absolute Gasteiger partial charge is 0.251 e. The first-order valence-corrected chi connectivity index (χ1v) is 7.40. The zero-order valence-electron chi connectivity index (χ0n) is 13.5. The van der Waals surface area contributed by atoms with Crippen molar-refractivity contribution < 1.29 is 18.4 Å². The normalized spacial score (nSPS) is 10.3. The van der Waals surface area contributed by atoms with E-state index in [-0.39, 0.29) is 30.5 Å². The number of carbonyl (C=O) groups excluding carboxylic acids is 2. The molecule has 0 unspecified atom stereocenters. The van der Waals surface area contributed by atoms with Crippen LogP contribution in [0.25, 0.3) is 0 Å². The number of rotatable bonds is 5. The van der Waals surface area contributed by atoms with E-state index in [1.165, 1.54) is 18.0 Å². The molecule has 2 aromatic carbocycles. The Balaban J connectivity index is 1.92. The molecule has 0 atom stereocenters. The molecule has 0 aliphatic carbocycles. The molecule has 0 spiro atoms. The summed E-state index contributed by atoms with van der Waals surface area (Å²) >= 11 is 0. The van der Waals surface area contributed by atoms with Crippen LogP contribution in [0.2, 0.25) is 0 Å². The van der Waals surface area contributed by atoms with Crippen LogP contribution in [-0.2, 0) is 11.3 Å². The molecule has 2 aromatic rings. The van der Waals surface area contributed by atoms with Crippen LogP contribution < -0.4 is 5.32 Å². The van der Waals surface area contributed by atoms with Crippen molar-refractivity contribution in [2.24, 2.45) is 0 Å². The fourth-order valence-electron chi connectivity index (χ4n) is 2.21. The molecule has 0 saturated heterocycles. The van der Waals surface area contributed by atoms with Gasteiger partial charge in [0.2, 0.25) is 5.91 Å².